The van der Waals surface area contributed by atoms with E-state index in [0.717, 1.165) is 0 Å². The van der Waals surface area contributed by atoms with Gasteiger partial charge in [0.15, 0.2) is 9.84 Å². The van der Waals surface area contributed by atoms with Gasteiger partial charge in [-0.1, -0.05) is 22.0 Å². The minimum absolute atomic E-state index is 0.366. The molecule has 1 atom stereocenters. The van der Waals surface area contributed by atoms with Gasteiger partial charge in [0.25, 0.3) is 0 Å². The van der Waals surface area contributed by atoms with Crippen LogP contribution in [0.1, 0.15) is 6.42 Å². The molecule has 8 heavy (non-hydrogen) atoms. The van der Waals surface area contributed by atoms with Gasteiger partial charge >= 0.3 is 0 Å². The van der Waals surface area contributed by atoms with Gasteiger partial charge in [-0.2, -0.15) is 0 Å². The summed E-state index contributed by atoms with van der Waals surface area (Å²) in [4.78, 5) is 0. The highest BCUT2D eigenvalue weighted by molar-refractivity contribution is 9.11. The SMILES string of the molecule is O=S1(=O)C=CCC1Br. The van der Waals surface area contributed by atoms with Gasteiger partial charge in [-0.05, 0) is 6.42 Å². The number of hydrogen-bond donors (Lipinski definition) is 0. The number of sulfone groups is 1. The predicted molar refractivity (Wildman–Crippen MR) is 35.4 cm³/mol. The van der Waals surface area contributed by atoms with Gasteiger partial charge in [0.2, 0.25) is 0 Å². The average molecular weight is 197 g/mol. The fourth-order valence-corrected chi connectivity index (χ4v) is 2.03. The highest BCUT2D eigenvalue weighted by Gasteiger charge is 2.22. The molecule has 1 aliphatic heterocycles. The standard InChI is InChI=1S/C4H5BrO2S/c5-4-2-1-3-8(4,6)7/h1,3-4H,2H2. The van der Waals surface area contributed by atoms with Gasteiger partial charge in [0.05, 0.1) is 0 Å². The van der Waals surface area contributed by atoms with Crippen LogP contribution in [0.25, 0.3) is 0 Å². The minimum Gasteiger partial charge on any atom is -0.223 e. The van der Waals surface area contributed by atoms with Crippen LogP contribution in [-0.4, -0.2) is 12.6 Å². The van der Waals surface area contributed by atoms with Crippen molar-refractivity contribution in [2.75, 3.05) is 0 Å². The van der Waals surface area contributed by atoms with Crippen molar-refractivity contribution in [2.24, 2.45) is 0 Å². The van der Waals surface area contributed by atoms with Crippen LogP contribution < -0.4 is 0 Å². The van der Waals surface area contributed by atoms with E-state index in [9.17, 15) is 8.42 Å². The highest BCUT2D eigenvalue weighted by atomic mass is 79.9. The molecule has 46 valence electrons. The molecule has 0 saturated heterocycles. The molecule has 0 radical (unpaired) electrons. The summed E-state index contributed by atoms with van der Waals surface area (Å²) in [7, 11) is -2.89. The summed E-state index contributed by atoms with van der Waals surface area (Å²) in [6.07, 6.45) is 2.25. The first-order chi connectivity index (χ1) is 3.63. The van der Waals surface area contributed by atoms with Crippen LogP contribution in [0.3, 0.4) is 0 Å². The second kappa shape index (κ2) is 1.84. The third kappa shape index (κ3) is 0.951. The Morgan fingerprint density at radius 3 is 2.38 bits per heavy atom. The largest absolute Gasteiger partial charge is 0.223 e. The highest BCUT2D eigenvalue weighted by Crippen LogP contribution is 2.21. The predicted octanol–water partition coefficient (Wildman–Crippen LogP) is 1.04. The number of alkyl halides is 1. The second-order valence-corrected chi connectivity index (χ2v) is 5.34. The molecule has 0 amide bonds. The fourth-order valence-electron chi connectivity index (χ4n) is 0.516. The van der Waals surface area contributed by atoms with Crippen molar-refractivity contribution in [2.45, 2.75) is 10.6 Å². The van der Waals surface area contributed by atoms with Gasteiger partial charge < -0.3 is 0 Å². The summed E-state index contributed by atoms with van der Waals surface area (Å²) in [5.74, 6) is 0. The Kier molecular flexibility index (Phi) is 1.45. The van der Waals surface area contributed by atoms with E-state index in [2.05, 4.69) is 15.9 Å². The zero-order valence-electron chi connectivity index (χ0n) is 4.04. The van der Waals surface area contributed by atoms with Crippen LogP contribution in [0.2, 0.25) is 0 Å². The van der Waals surface area contributed by atoms with Gasteiger partial charge in [-0.15, -0.1) is 0 Å². The lowest BCUT2D eigenvalue weighted by Gasteiger charge is -1.93. The number of allylic oxidation sites excluding steroid dienone is 1. The molecule has 0 aromatic heterocycles. The van der Waals surface area contributed by atoms with E-state index in [4.69, 9.17) is 0 Å². The molecule has 0 N–H and O–H groups in total. The van der Waals surface area contributed by atoms with Crippen molar-refractivity contribution < 1.29 is 8.42 Å². The first-order valence-corrected chi connectivity index (χ1v) is 4.70. The van der Waals surface area contributed by atoms with Crippen LogP contribution in [0.5, 0.6) is 0 Å². The van der Waals surface area contributed by atoms with E-state index in [1.165, 1.54) is 5.41 Å². The van der Waals surface area contributed by atoms with Gasteiger partial charge in [-0.3, -0.25) is 0 Å². The summed E-state index contributed by atoms with van der Waals surface area (Å²) in [6, 6.07) is 0. The molecule has 0 saturated carbocycles. The zero-order valence-corrected chi connectivity index (χ0v) is 6.44. The summed E-state index contributed by atoms with van der Waals surface area (Å²) in [5, 5.41) is 1.24. The lowest BCUT2D eigenvalue weighted by molar-refractivity contribution is 0.604. The quantitative estimate of drug-likeness (QED) is 0.543. The first kappa shape index (κ1) is 6.29. The van der Waals surface area contributed by atoms with Gasteiger partial charge in [0.1, 0.15) is 4.16 Å². The lowest BCUT2D eigenvalue weighted by atomic mass is 10.5. The molecule has 0 bridgehead atoms. The summed E-state index contributed by atoms with van der Waals surface area (Å²) < 4.78 is 20.9. The second-order valence-electron chi connectivity index (χ2n) is 1.61. The van der Waals surface area contributed by atoms with E-state index in [0.29, 0.717) is 6.42 Å². The third-order valence-corrected chi connectivity index (χ3v) is 4.38. The van der Waals surface area contributed by atoms with Crippen LogP contribution in [-0.2, 0) is 9.84 Å². The summed E-state index contributed by atoms with van der Waals surface area (Å²) in [6.45, 7) is 0. The molecule has 0 aromatic rings. The molecule has 0 spiro atoms. The average Bonchev–Trinajstić information content (AvgIpc) is 1.86. The molecule has 0 fully saturated rings. The molecule has 1 aliphatic rings. The van der Waals surface area contributed by atoms with Gasteiger partial charge in [0, 0.05) is 5.41 Å². The molecule has 1 unspecified atom stereocenters. The molecular formula is C4H5BrO2S. The van der Waals surface area contributed by atoms with Crippen LogP contribution >= 0.6 is 15.9 Å². The molecule has 2 nitrogen and oxygen atoms in total. The normalized spacial score (nSPS) is 33.4. The Bertz CT molecular complexity index is 204. The third-order valence-electron chi connectivity index (χ3n) is 0.964. The van der Waals surface area contributed by atoms with Crippen molar-refractivity contribution in [3.63, 3.8) is 0 Å². The Morgan fingerprint density at radius 1 is 1.62 bits per heavy atom. The maximum Gasteiger partial charge on any atom is 0.184 e. The van der Waals surface area contributed by atoms with Crippen molar-refractivity contribution in [1.82, 2.24) is 0 Å². The van der Waals surface area contributed by atoms with E-state index in [1.54, 1.807) is 6.08 Å². The monoisotopic (exact) mass is 196 g/mol. The fraction of sp³-hybridized carbons (Fsp3) is 0.500. The van der Waals surface area contributed by atoms with Crippen LogP contribution in [0.15, 0.2) is 11.5 Å². The lowest BCUT2D eigenvalue weighted by Crippen LogP contribution is -2.03. The Balaban J connectivity index is 3.01. The number of halogens is 1. The maximum atomic E-state index is 10.6. The van der Waals surface area contributed by atoms with Crippen molar-refractivity contribution in [3.05, 3.63) is 11.5 Å². The van der Waals surface area contributed by atoms with Crippen LogP contribution in [0, 0.1) is 0 Å². The smallest absolute Gasteiger partial charge is 0.184 e. The van der Waals surface area contributed by atoms with Gasteiger partial charge in [-0.25, -0.2) is 8.42 Å². The molecule has 4 heteroatoms. The van der Waals surface area contributed by atoms with Crippen molar-refractivity contribution >= 4 is 25.8 Å². The van der Waals surface area contributed by atoms with E-state index >= 15 is 0 Å². The Morgan fingerprint density at radius 2 is 2.25 bits per heavy atom. The molecule has 0 aromatic carbocycles. The topological polar surface area (TPSA) is 34.1 Å². The Hall–Kier alpha value is 0.170. The van der Waals surface area contributed by atoms with Crippen molar-refractivity contribution in [3.8, 4) is 0 Å². The Labute approximate surface area is 56.6 Å². The van der Waals surface area contributed by atoms with Crippen LogP contribution in [0.4, 0.5) is 0 Å². The van der Waals surface area contributed by atoms with E-state index in [1.807, 2.05) is 0 Å². The number of rotatable bonds is 0. The van der Waals surface area contributed by atoms with E-state index < -0.39 is 9.84 Å². The molecule has 0 aliphatic carbocycles. The molecule has 1 heterocycles. The molecular weight excluding hydrogens is 192 g/mol. The minimum atomic E-state index is -2.89. The maximum absolute atomic E-state index is 10.6. The summed E-state index contributed by atoms with van der Waals surface area (Å²) >= 11 is 3.01. The molecule has 1 rings (SSSR count). The summed E-state index contributed by atoms with van der Waals surface area (Å²) in [5.41, 5.74) is 0. The number of hydrogen-bond acceptors (Lipinski definition) is 2. The van der Waals surface area contributed by atoms with Crippen molar-refractivity contribution in [1.29, 1.82) is 0 Å². The first-order valence-electron chi connectivity index (χ1n) is 2.17. The van der Waals surface area contributed by atoms with E-state index in [-0.39, 0.29) is 4.16 Å². The zero-order chi connectivity index (χ0) is 6.20.